The van der Waals surface area contributed by atoms with E-state index < -0.39 is 20.5 Å². The van der Waals surface area contributed by atoms with E-state index in [1.165, 1.54) is 11.1 Å². The van der Waals surface area contributed by atoms with Crippen LogP contribution in [0.15, 0.2) is 33.1 Å². The van der Waals surface area contributed by atoms with Crippen molar-refractivity contribution in [2.45, 2.75) is 80.1 Å². The van der Waals surface area contributed by atoms with Gasteiger partial charge in [0.25, 0.3) is 0 Å². The molecule has 0 spiro atoms. The number of hydrogen-bond donors (Lipinski definition) is 0. The lowest BCUT2D eigenvalue weighted by Gasteiger charge is -2.17. The van der Waals surface area contributed by atoms with Gasteiger partial charge in [0.15, 0.2) is 0 Å². The Morgan fingerprint density at radius 1 is 0.588 bits per heavy atom. The summed E-state index contributed by atoms with van der Waals surface area (Å²) < 4.78 is 79.3. The Kier molecular flexibility index (Phi) is 16.6. The zero-order chi connectivity index (χ0) is 27.3. The summed E-state index contributed by atoms with van der Waals surface area (Å²) in [5.41, 5.74) is 2.59. The standard InChI is InChI=1S/C12H19O.C10H15O.2ClHO4/c1-8(2)11-6-10(5)7-12(13-11)9(3)4;1-4-9-6-8(3)7-10(5-2)11-9;2*2-1(3,4)5/h6-9H,1-5H3;6-7H,4-5H2,1-3H3;2*(H,2,3,4,5)/q2*+1;;/p-2. The topological polar surface area (TPSA) is 207 Å². The Balaban J connectivity index is 0. The summed E-state index contributed by atoms with van der Waals surface area (Å²) in [6, 6.07) is 8.44. The van der Waals surface area contributed by atoms with Crippen molar-refractivity contribution in [1.82, 2.24) is 0 Å². The molecular formula is C22H34Cl2O10. The second kappa shape index (κ2) is 16.3. The van der Waals surface area contributed by atoms with Crippen molar-refractivity contribution in [2.24, 2.45) is 0 Å². The second-order valence-corrected chi connectivity index (χ2v) is 9.29. The van der Waals surface area contributed by atoms with E-state index in [-0.39, 0.29) is 0 Å². The van der Waals surface area contributed by atoms with E-state index in [4.69, 9.17) is 46.1 Å². The average molecular weight is 529 g/mol. The molecule has 0 saturated carbocycles. The first-order chi connectivity index (χ1) is 15.3. The molecule has 196 valence electrons. The maximum atomic E-state index is 8.49. The van der Waals surface area contributed by atoms with Gasteiger partial charge in [0.1, 0.15) is 0 Å². The van der Waals surface area contributed by atoms with Crippen LogP contribution in [0.1, 0.15) is 87.5 Å². The molecule has 0 unspecified atom stereocenters. The van der Waals surface area contributed by atoms with Crippen molar-refractivity contribution in [1.29, 1.82) is 0 Å². The fraction of sp³-hybridized carbons (Fsp3) is 0.545. The number of hydrogen-bond acceptors (Lipinski definition) is 8. The number of aryl methyl sites for hydroxylation is 4. The molecule has 2 heterocycles. The van der Waals surface area contributed by atoms with Gasteiger partial charge in [-0.15, -0.1) is 20.5 Å². The van der Waals surface area contributed by atoms with Gasteiger partial charge in [-0.3, -0.25) is 0 Å². The predicted octanol–water partition coefficient (Wildman–Crippen LogP) is -2.40. The normalized spacial score (nSPS) is 11.1. The van der Waals surface area contributed by atoms with Crippen LogP contribution in [0.3, 0.4) is 0 Å². The van der Waals surface area contributed by atoms with E-state index in [0.717, 1.165) is 35.9 Å². The van der Waals surface area contributed by atoms with Crippen LogP contribution in [0.2, 0.25) is 0 Å². The van der Waals surface area contributed by atoms with Crippen molar-refractivity contribution in [2.75, 3.05) is 0 Å². The summed E-state index contributed by atoms with van der Waals surface area (Å²) in [6.45, 7) is 17.1. The molecule has 10 nitrogen and oxygen atoms in total. The van der Waals surface area contributed by atoms with Gasteiger partial charge in [0.05, 0.1) is 24.7 Å². The van der Waals surface area contributed by atoms with Crippen molar-refractivity contribution < 1.29 is 66.6 Å². The zero-order valence-corrected chi connectivity index (χ0v) is 22.2. The predicted molar refractivity (Wildman–Crippen MR) is 103 cm³/mol. The summed E-state index contributed by atoms with van der Waals surface area (Å²) in [5.74, 6) is 5.28. The molecule has 0 N–H and O–H groups in total. The SMILES string of the molecule is CCc1cc(C)cc(CC)[o+]1.Cc1cc(C(C)C)[o+]c(C(C)C)c1.[O-][Cl+3]([O-])([O-])[O-].[O-][Cl+3]([O-])([O-])[O-]. The van der Waals surface area contributed by atoms with Crippen LogP contribution >= 0.6 is 0 Å². The summed E-state index contributed by atoms with van der Waals surface area (Å²) in [7, 11) is -9.89. The quantitative estimate of drug-likeness (QED) is 0.383. The molecular weight excluding hydrogens is 495 g/mol. The minimum atomic E-state index is -4.94. The Morgan fingerprint density at radius 3 is 1.09 bits per heavy atom. The molecule has 12 heteroatoms. The van der Waals surface area contributed by atoms with E-state index in [0.29, 0.717) is 11.8 Å². The van der Waals surface area contributed by atoms with Crippen molar-refractivity contribution >= 4 is 0 Å². The maximum absolute atomic E-state index is 8.49. The summed E-state index contributed by atoms with van der Waals surface area (Å²) >= 11 is 0. The third-order valence-corrected chi connectivity index (χ3v) is 3.85. The molecule has 2 rings (SSSR count). The monoisotopic (exact) mass is 528 g/mol. The van der Waals surface area contributed by atoms with E-state index in [9.17, 15) is 0 Å². The Morgan fingerprint density at radius 2 is 0.853 bits per heavy atom. The van der Waals surface area contributed by atoms with Crippen molar-refractivity contribution in [3.05, 3.63) is 58.4 Å². The molecule has 0 aromatic carbocycles. The van der Waals surface area contributed by atoms with Crippen molar-refractivity contribution in [3.63, 3.8) is 0 Å². The fourth-order valence-electron chi connectivity index (χ4n) is 2.38. The van der Waals surface area contributed by atoms with Gasteiger partial charge in [-0.1, -0.05) is 41.5 Å². The van der Waals surface area contributed by atoms with E-state index >= 15 is 0 Å². The molecule has 0 atom stereocenters. The largest absolute Gasteiger partial charge is 0.332 e. The molecule has 0 aliphatic heterocycles. The maximum Gasteiger partial charge on any atom is 0.332 e. The van der Waals surface area contributed by atoms with Crippen molar-refractivity contribution in [3.8, 4) is 0 Å². The minimum Gasteiger partial charge on any atom is -0.222 e. The Labute approximate surface area is 205 Å². The van der Waals surface area contributed by atoms with Crippen LogP contribution in [0.5, 0.6) is 0 Å². The van der Waals surface area contributed by atoms with Gasteiger partial charge in [0, 0.05) is 24.3 Å². The summed E-state index contributed by atoms with van der Waals surface area (Å²) in [4.78, 5) is 0. The average Bonchev–Trinajstić information content (AvgIpc) is 2.64. The van der Waals surface area contributed by atoms with Gasteiger partial charge in [-0.25, -0.2) is 46.1 Å². The highest BCUT2D eigenvalue weighted by molar-refractivity contribution is 5.19. The zero-order valence-electron chi connectivity index (χ0n) is 20.7. The number of rotatable bonds is 4. The second-order valence-electron chi connectivity index (χ2n) is 7.78. The van der Waals surface area contributed by atoms with Crippen LogP contribution in [0.4, 0.5) is 0 Å². The highest BCUT2D eigenvalue weighted by Gasteiger charge is 2.19. The minimum absolute atomic E-state index is 0.470. The third-order valence-electron chi connectivity index (χ3n) is 3.85. The van der Waals surface area contributed by atoms with E-state index in [1.54, 1.807) is 0 Å². The Bertz CT molecular complexity index is 759. The smallest absolute Gasteiger partial charge is 0.222 e. The van der Waals surface area contributed by atoms with Gasteiger partial charge >= 0.3 is 23.0 Å². The first-order valence-electron chi connectivity index (χ1n) is 10.4. The summed E-state index contributed by atoms with van der Waals surface area (Å²) in [5, 5.41) is 0. The lowest BCUT2D eigenvalue weighted by molar-refractivity contribution is -2.00. The number of halogens is 2. The lowest BCUT2D eigenvalue weighted by atomic mass is 10.1. The first kappa shape index (κ1) is 34.7. The van der Waals surface area contributed by atoms with Crippen LogP contribution in [-0.4, -0.2) is 0 Å². The highest BCUT2D eigenvalue weighted by atomic mass is 35.7. The molecule has 2 aromatic rings. The molecule has 34 heavy (non-hydrogen) atoms. The van der Waals surface area contributed by atoms with Gasteiger partial charge in [-0.2, -0.15) is 0 Å². The molecule has 0 fully saturated rings. The molecule has 0 radical (unpaired) electrons. The molecule has 0 aliphatic carbocycles. The van der Waals surface area contributed by atoms with Gasteiger partial charge in [0.2, 0.25) is 0 Å². The van der Waals surface area contributed by atoms with E-state index in [1.807, 2.05) is 0 Å². The molecule has 0 saturated heterocycles. The molecule has 0 amide bonds. The summed E-state index contributed by atoms with van der Waals surface area (Å²) in [6.07, 6.45) is 1.96. The molecule has 0 bridgehead atoms. The molecule has 2 aromatic heterocycles. The van der Waals surface area contributed by atoms with Crippen LogP contribution < -0.4 is 37.3 Å². The fourth-order valence-corrected chi connectivity index (χ4v) is 2.38. The van der Waals surface area contributed by atoms with E-state index in [2.05, 4.69) is 79.7 Å². The van der Waals surface area contributed by atoms with Crippen LogP contribution in [0.25, 0.3) is 0 Å². The van der Waals surface area contributed by atoms with Gasteiger partial charge in [-0.05, 0) is 25.0 Å². The van der Waals surface area contributed by atoms with Crippen LogP contribution in [0, 0.1) is 34.3 Å². The third kappa shape index (κ3) is 22.4. The Hall–Kier alpha value is -1.44. The van der Waals surface area contributed by atoms with Crippen LogP contribution in [-0.2, 0) is 12.8 Å². The lowest BCUT2D eigenvalue weighted by Crippen LogP contribution is -2.68. The highest BCUT2D eigenvalue weighted by Crippen LogP contribution is 2.22. The molecule has 0 aliphatic rings. The first-order valence-corrected chi connectivity index (χ1v) is 12.8. The van der Waals surface area contributed by atoms with Gasteiger partial charge < -0.3 is 0 Å².